The number of fused-ring (bicyclic) bond motifs is 6. The molecule has 0 radical (unpaired) electrons. The van der Waals surface area contributed by atoms with Crippen LogP contribution in [-0.4, -0.2) is 59.0 Å². The minimum absolute atomic E-state index is 0.00869. The molecule has 57 heavy (non-hydrogen) atoms. The number of rotatable bonds is 7. The quantitative estimate of drug-likeness (QED) is 0.108. The second kappa shape index (κ2) is 16.3. The van der Waals surface area contributed by atoms with E-state index in [0.29, 0.717) is 36.7 Å². The van der Waals surface area contributed by atoms with Crippen molar-refractivity contribution in [3.05, 3.63) is 88.6 Å². The molecule has 1 aromatic heterocycles. The fourth-order valence-electron chi connectivity index (χ4n) is 10.9. The van der Waals surface area contributed by atoms with Crippen molar-refractivity contribution in [2.24, 2.45) is 23.2 Å². The Morgan fingerprint density at radius 1 is 0.912 bits per heavy atom. The molecule has 2 heterocycles. The van der Waals surface area contributed by atoms with Gasteiger partial charge in [0.25, 0.3) is 0 Å². The minimum atomic E-state index is -0.681. The topological polar surface area (TPSA) is 138 Å². The Bertz CT molecular complexity index is 2250. The van der Waals surface area contributed by atoms with E-state index in [1.165, 1.54) is 20.0 Å². The highest BCUT2D eigenvalue weighted by Gasteiger charge is 2.51. The van der Waals surface area contributed by atoms with Gasteiger partial charge in [0.15, 0.2) is 23.0 Å². The highest BCUT2D eigenvalue weighted by atomic mass is 16.5. The molecule has 9 nitrogen and oxygen atoms in total. The number of esters is 1. The molecule has 0 amide bonds. The van der Waals surface area contributed by atoms with Crippen LogP contribution in [0.4, 0.5) is 0 Å². The Morgan fingerprint density at radius 3 is 2.47 bits per heavy atom. The number of aromatic hydroxyl groups is 2. The number of nitrogens with one attached hydrogen (secondary N) is 1. The number of aromatic nitrogens is 1. The maximum atomic E-state index is 14.6. The van der Waals surface area contributed by atoms with E-state index in [0.717, 1.165) is 76.5 Å². The molecule has 4 aromatic rings. The van der Waals surface area contributed by atoms with Gasteiger partial charge in [-0.15, -0.1) is 0 Å². The van der Waals surface area contributed by atoms with Gasteiger partial charge in [-0.3, -0.25) is 9.59 Å². The number of H-pyrrole nitrogens is 1. The number of hydrogen-bond donors (Lipinski definition) is 4. The van der Waals surface area contributed by atoms with Crippen molar-refractivity contribution in [2.45, 2.75) is 95.5 Å². The second-order valence-corrected chi connectivity index (χ2v) is 16.7. The third-order valence-electron chi connectivity index (χ3n) is 13.5. The Hall–Kier alpha value is -5.20. The Kier molecular flexibility index (Phi) is 11.1. The summed E-state index contributed by atoms with van der Waals surface area (Å²) >= 11 is 0. The van der Waals surface area contributed by atoms with E-state index < -0.39 is 12.1 Å². The van der Waals surface area contributed by atoms with Crippen molar-refractivity contribution in [3.8, 4) is 34.8 Å². The molecule has 0 unspecified atom stereocenters. The Morgan fingerprint density at radius 2 is 1.68 bits per heavy atom. The maximum Gasteiger partial charge on any atom is 0.318 e. The lowest BCUT2D eigenvalue weighted by Crippen LogP contribution is -2.41. The number of methoxy groups -OCH3 is 2. The molecule has 8 rings (SSSR count). The normalized spacial score (nSPS) is 24.4. The number of ketones is 1. The number of benzene rings is 3. The molecule has 1 spiro atoms. The van der Waals surface area contributed by atoms with Crippen LogP contribution in [-0.2, 0) is 27.2 Å². The van der Waals surface area contributed by atoms with Crippen molar-refractivity contribution in [3.63, 3.8) is 0 Å². The first-order chi connectivity index (χ1) is 27.7. The zero-order valence-electron chi connectivity index (χ0n) is 32.9. The Labute approximate surface area is 334 Å². The van der Waals surface area contributed by atoms with Crippen LogP contribution < -0.4 is 9.47 Å². The minimum Gasteiger partial charge on any atom is -0.504 e. The zero-order valence-corrected chi connectivity index (χ0v) is 32.9. The van der Waals surface area contributed by atoms with E-state index in [1.807, 2.05) is 24.3 Å². The number of aliphatic hydroxyl groups excluding tert-OH is 1. The lowest BCUT2D eigenvalue weighted by atomic mass is 9.55. The number of phenols is 2. The summed E-state index contributed by atoms with van der Waals surface area (Å²) in [6.45, 7) is 0.131. The van der Waals surface area contributed by atoms with Crippen LogP contribution in [0.15, 0.2) is 60.7 Å². The monoisotopic (exact) mass is 771 g/mol. The molecule has 2 saturated carbocycles. The summed E-state index contributed by atoms with van der Waals surface area (Å²) in [5.41, 5.74) is 6.75. The van der Waals surface area contributed by atoms with Gasteiger partial charge in [0, 0.05) is 42.3 Å². The van der Waals surface area contributed by atoms with Gasteiger partial charge in [-0.1, -0.05) is 55.0 Å². The van der Waals surface area contributed by atoms with Crippen LogP contribution in [0.5, 0.6) is 23.0 Å². The van der Waals surface area contributed by atoms with Gasteiger partial charge < -0.3 is 34.5 Å². The number of cyclic esters (lactones) is 1. The largest absolute Gasteiger partial charge is 0.504 e. The number of aromatic amines is 1. The summed E-state index contributed by atoms with van der Waals surface area (Å²) in [5, 5.41) is 33.0. The van der Waals surface area contributed by atoms with Crippen molar-refractivity contribution < 1.29 is 39.1 Å². The lowest BCUT2D eigenvalue weighted by molar-refractivity contribution is -0.149. The van der Waals surface area contributed by atoms with E-state index in [4.69, 9.17) is 14.2 Å². The average molecular weight is 772 g/mol. The van der Waals surface area contributed by atoms with Gasteiger partial charge in [-0.05, 0) is 127 Å². The van der Waals surface area contributed by atoms with E-state index in [1.54, 1.807) is 25.3 Å². The molecule has 1 aliphatic heterocycles. The molecule has 0 saturated heterocycles. The number of allylic oxidation sites excluding steroid dienone is 1. The van der Waals surface area contributed by atoms with Gasteiger partial charge in [-0.2, -0.15) is 0 Å². The Balaban J connectivity index is 1.27. The van der Waals surface area contributed by atoms with Crippen LogP contribution in [0.2, 0.25) is 0 Å². The number of aryl methyl sites for hydroxylation is 1. The van der Waals surface area contributed by atoms with Crippen LogP contribution in [0.25, 0.3) is 16.5 Å². The molecule has 298 valence electrons. The lowest BCUT2D eigenvalue weighted by Gasteiger charge is -2.50. The summed E-state index contributed by atoms with van der Waals surface area (Å²) in [6, 6.07) is 17.1. The van der Waals surface area contributed by atoms with Crippen LogP contribution in [0.3, 0.4) is 0 Å². The summed E-state index contributed by atoms with van der Waals surface area (Å²) < 4.78 is 17.1. The number of hydrogen-bond acceptors (Lipinski definition) is 8. The molecule has 3 aromatic carbocycles. The standard InChI is InChI=1S/C48H53NO8/c1-55-44-21-29(14-16-42(44)52)13-15-33-24-32(51)25-37-36-23-31(17-20-50)48(18-7-8-19-48)28-30(36)22-40(38-26-43(53)45(56-2)27-39(37)38)47-35(10-4-6-12-46(54)57-33)34-9-3-5-11-41(34)49-47/h3,5,9,11,14,16,21-22,26-27,30-31,33,36-37,49-50,52-53H,7-8,10,12-13,15,17-20,23-25,28H2,1-2H3/t30-,31+,33+,36+,37-/m0/s1. The van der Waals surface area contributed by atoms with Crippen LogP contribution in [0.1, 0.15) is 104 Å². The first kappa shape index (κ1) is 38.7. The number of carbonyl (C=O) groups excluding carboxylic acids is 2. The van der Waals surface area contributed by atoms with Gasteiger partial charge in [0.1, 0.15) is 18.3 Å². The first-order valence-electron chi connectivity index (χ1n) is 20.6. The maximum absolute atomic E-state index is 14.6. The van der Waals surface area contributed by atoms with Crippen molar-refractivity contribution in [1.82, 2.24) is 4.98 Å². The highest BCUT2D eigenvalue weighted by Crippen LogP contribution is 2.61. The van der Waals surface area contributed by atoms with E-state index in [-0.39, 0.29) is 66.3 Å². The smallest absolute Gasteiger partial charge is 0.318 e. The summed E-state index contributed by atoms with van der Waals surface area (Å²) in [4.78, 5) is 31.7. The summed E-state index contributed by atoms with van der Waals surface area (Å²) in [7, 11) is 3.05. The predicted molar refractivity (Wildman–Crippen MR) is 218 cm³/mol. The molecule has 2 bridgehead atoms. The third kappa shape index (κ3) is 7.64. The number of ether oxygens (including phenoxy) is 3. The number of para-hydroxylation sites is 1. The number of aliphatic hydroxyl groups is 1. The predicted octanol–water partition coefficient (Wildman–Crippen LogP) is 8.55. The average Bonchev–Trinajstić information content (AvgIpc) is 3.80. The fraction of sp³-hybridized carbons (Fsp3) is 0.458. The van der Waals surface area contributed by atoms with E-state index in [9.17, 15) is 24.9 Å². The number of Topliss-reactive ketones (excluding diaryl/α,β-unsaturated/α-hetero) is 1. The molecule has 3 aliphatic carbocycles. The molecule has 4 N–H and O–H groups in total. The second-order valence-electron chi connectivity index (χ2n) is 16.7. The SMILES string of the molecule is COc1cc(CC[C@@H]2CC(=O)C[C@@H]3c4cc(OC)c(O)cc4C(=C[C@H]4CC5(CCCC5)[C@H](CCO)C[C@@H]34)c3[nH]c4ccccc4c3CC#CCC(=O)O2)ccc1O. The first-order valence-corrected chi connectivity index (χ1v) is 20.6. The highest BCUT2D eigenvalue weighted by molar-refractivity contribution is 5.94. The van der Waals surface area contributed by atoms with Gasteiger partial charge >= 0.3 is 5.97 Å². The van der Waals surface area contributed by atoms with Gasteiger partial charge in [0.05, 0.1) is 19.9 Å². The van der Waals surface area contributed by atoms with E-state index in [2.05, 4.69) is 35.0 Å². The molecule has 9 heteroatoms. The zero-order chi connectivity index (χ0) is 39.7. The van der Waals surface area contributed by atoms with Crippen molar-refractivity contribution >= 4 is 28.2 Å². The number of carbonyl (C=O) groups is 2. The van der Waals surface area contributed by atoms with Crippen LogP contribution in [0, 0.1) is 35.0 Å². The van der Waals surface area contributed by atoms with Gasteiger partial charge in [-0.25, -0.2) is 0 Å². The van der Waals surface area contributed by atoms with Crippen LogP contribution >= 0.6 is 0 Å². The molecule has 4 aliphatic rings. The molecule has 5 atom stereocenters. The molecular weight excluding hydrogens is 719 g/mol. The van der Waals surface area contributed by atoms with Crippen molar-refractivity contribution in [2.75, 3.05) is 20.8 Å². The summed E-state index contributed by atoms with van der Waals surface area (Å²) in [5.74, 6) is 6.96. The molecule has 2 fully saturated rings. The van der Waals surface area contributed by atoms with Gasteiger partial charge in [0.2, 0.25) is 0 Å². The molecular formula is C48H53NO8. The van der Waals surface area contributed by atoms with E-state index >= 15 is 0 Å². The fourth-order valence-corrected chi connectivity index (χ4v) is 10.9. The van der Waals surface area contributed by atoms with Crippen molar-refractivity contribution in [1.29, 1.82) is 0 Å². The summed E-state index contributed by atoms with van der Waals surface area (Å²) in [6.07, 6.45) is 10.4. The third-order valence-corrected chi connectivity index (χ3v) is 13.5. The number of phenolic OH excluding ortho intramolecular Hbond substituents is 2.